The predicted molar refractivity (Wildman–Crippen MR) is 100 cm³/mol. The number of hydrogen-bond donors (Lipinski definition) is 4. The smallest absolute Gasteiger partial charge is 0.327 e. The first kappa shape index (κ1) is 18.9. The third kappa shape index (κ3) is 5.05. The molecule has 1 aliphatic carbocycles. The highest BCUT2D eigenvalue weighted by Gasteiger charge is 2.26. The van der Waals surface area contributed by atoms with Gasteiger partial charge in [0.2, 0.25) is 0 Å². The Morgan fingerprint density at radius 3 is 2.44 bits per heavy atom. The highest BCUT2D eigenvalue weighted by atomic mass is 35.5. The zero-order valence-corrected chi connectivity index (χ0v) is 15.4. The molecule has 1 fully saturated rings. The minimum absolute atomic E-state index is 0.0322. The second-order valence-electron chi connectivity index (χ2n) is 5.78. The molecule has 0 spiro atoms. The number of nitrogens with one attached hydrogen (secondary N) is 4. The lowest BCUT2D eigenvalue weighted by atomic mass is 10.2. The van der Waals surface area contributed by atoms with Crippen LogP contribution >= 0.6 is 22.9 Å². The maximum absolute atomic E-state index is 12.2. The quantitative estimate of drug-likeness (QED) is 0.456. The molecule has 0 saturated heterocycles. The average Bonchev–Trinajstić information content (AvgIpc) is 3.29. The van der Waals surface area contributed by atoms with Gasteiger partial charge in [-0.3, -0.25) is 30.0 Å². The van der Waals surface area contributed by atoms with Crippen LogP contribution in [0.3, 0.4) is 0 Å². The molecule has 1 heterocycles. The van der Waals surface area contributed by atoms with E-state index in [1.165, 1.54) is 29.5 Å². The van der Waals surface area contributed by atoms with Gasteiger partial charge in [0.1, 0.15) is 0 Å². The van der Waals surface area contributed by atoms with Crippen LogP contribution in [0.2, 0.25) is 5.02 Å². The van der Waals surface area contributed by atoms with E-state index in [4.69, 9.17) is 11.6 Å². The molecule has 0 unspecified atom stereocenters. The van der Waals surface area contributed by atoms with Crippen molar-refractivity contribution in [3.63, 3.8) is 0 Å². The van der Waals surface area contributed by atoms with Crippen LogP contribution in [0.5, 0.6) is 0 Å². The van der Waals surface area contributed by atoms with Crippen LogP contribution in [0, 0.1) is 0 Å². The van der Waals surface area contributed by atoms with Crippen molar-refractivity contribution < 1.29 is 19.2 Å². The number of amides is 4. The Kier molecular flexibility index (Phi) is 5.72. The largest absolute Gasteiger partial charge is 0.345 e. The summed E-state index contributed by atoms with van der Waals surface area (Å²) in [5.41, 5.74) is 4.58. The van der Waals surface area contributed by atoms with Gasteiger partial charge in [-0.25, -0.2) is 0 Å². The molecule has 1 aliphatic rings. The van der Waals surface area contributed by atoms with Crippen LogP contribution in [-0.4, -0.2) is 29.7 Å². The van der Waals surface area contributed by atoms with E-state index in [1.54, 1.807) is 17.5 Å². The second-order valence-corrected chi connectivity index (χ2v) is 7.14. The molecule has 4 N–H and O–H groups in total. The third-order valence-electron chi connectivity index (χ3n) is 3.63. The van der Waals surface area contributed by atoms with Crippen molar-refractivity contribution >= 4 is 52.3 Å². The maximum Gasteiger partial charge on any atom is 0.327 e. The highest BCUT2D eigenvalue weighted by Crippen LogP contribution is 2.24. The lowest BCUT2D eigenvalue weighted by molar-refractivity contribution is -0.139. The molecule has 1 saturated carbocycles. The van der Waals surface area contributed by atoms with E-state index >= 15 is 0 Å². The number of thiophene rings is 1. The van der Waals surface area contributed by atoms with Crippen molar-refractivity contribution in [3.8, 4) is 0 Å². The Bertz CT molecular complexity index is 896. The number of carbonyl (C=O) groups excluding carboxylic acids is 4. The summed E-state index contributed by atoms with van der Waals surface area (Å²) in [6.07, 6.45) is 1.69. The van der Waals surface area contributed by atoms with Gasteiger partial charge in [0.15, 0.2) is 0 Å². The monoisotopic (exact) mass is 406 g/mol. The number of hydrazine groups is 1. The summed E-state index contributed by atoms with van der Waals surface area (Å²) in [6.45, 7) is 0. The van der Waals surface area contributed by atoms with E-state index < -0.39 is 17.7 Å². The van der Waals surface area contributed by atoms with Crippen LogP contribution in [0.4, 0.5) is 5.69 Å². The van der Waals surface area contributed by atoms with Crippen molar-refractivity contribution in [1.82, 2.24) is 16.2 Å². The third-order valence-corrected chi connectivity index (χ3v) is 4.83. The van der Waals surface area contributed by atoms with E-state index in [0.29, 0.717) is 4.88 Å². The van der Waals surface area contributed by atoms with Gasteiger partial charge >= 0.3 is 11.8 Å². The minimum Gasteiger partial charge on any atom is -0.345 e. The van der Waals surface area contributed by atoms with E-state index in [0.717, 1.165) is 12.8 Å². The summed E-state index contributed by atoms with van der Waals surface area (Å²) in [6, 6.07) is 7.68. The van der Waals surface area contributed by atoms with E-state index in [-0.39, 0.29) is 28.2 Å². The summed E-state index contributed by atoms with van der Waals surface area (Å²) in [5.74, 6) is -2.78. The molecule has 2 aromatic rings. The van der Waals surface area contributed by atoms with Gasteiger partial charge < -0.3 is 10.6 Å². The first-order chi connectivity index (χ1) is 12.9. The van der Waals surface area contributed by atoms with Gasteiger partial charge in [-0.1, -0.05) is 17.7 Å². The van der Waals surface area contributed by atoms with Crippen LogP contribution in [-0.2, 0) is 9.59 Å². The van der Waals surface area contributed by atoms with Crippen molar-refractivity contribution in [1.29, 1.82) is 0 Å². The number of benzene rings is 1. The summed E-state index contributed by atoms with van der Waals surface area (Å²) in [4.78, 5) is 48.0. The normalized spacial score (nSPS) is 12.8. The molecule has 1 aromatic heterocycles. The molecule has 0 radical (unpaired) electrons. The Morgan fingerprint density at radius 1 is 1.00 bits per heavy atom. The van der Waals surface area contributed by atoms with Gasteiger partial charge in [0, 0.05) is 11.6 Å². The van der Waals surface area contributed by atoms with Gasteiger partial charge in [-0.15, -0.1) is 11.3 Å². The topological polar surface area (TPSA) is 116 Å². The van der Waals surface area contributed by atoms with Crippen molar-refractivity contribution in [2.45, 2.75) is 18.9 Å². The Labute approximate surface area is 163 Å². The van der Waals surface area contributed by atoms with E-state index in [2.05, 4.69) is 16.1 Å². The molecule has 4 amide bonds. The fourth-order valence-corrected chi connectivity index (χ4v) is 2.86. The predicted octanol–water partition coefficient (Wildman–Crippen LogP) is 1.69. The number of carbonyl (C=O) groups is 4. The number of hydrogen-bond acceptors (Lipinski definition) is 5. The summed E-state index contributed by atoms with van der Waals surface area (Å²) >= 11 is 7.33. The molecule has 1 aromatic carbocycles. The molecular weight excluding hydrogens is 392 g/mol. The Morgan fingerprint density at radius 2 is 1.78 bits per heavy atom. The van der Waals surface area contributed by atoms with E-state index in [1.807, 2.05) is 5.43 Å². The van der Waals surface area contributed by atoms with Gasteiger partial charge in [-0.2, -0.15) is 0 Å². The zero-order chi connectivity index (χ0) is 19.4. The van der Waals surface area contributed by atoms with E-state index in [9.17, 15) is 19.2 Å². The first-order valence-electron chi connectivity index (χ1n) is 7.99. The zero-order valence-electron chi connectivity index (χ0n) is 13.9. The second kappa shape index (κ2) is 8.19. The number of rotatable bonds is 4. The molecule has 0 bridgehead atoms. The van der Waals surface area contributed by atoms with Crippen molar-refractivity contribution in [2.24, 2.45) is 0 Å². The molecular formula is C17H15ClN4O4S. The summed E-state index contributed by atoms with van der Waals surface area (Å²) < 4.78 is 0. The number of anilines is 1. The number of halogens is 1. The molecule has 0 atom stereocenters. The lowest BCUT2D eigenvalue weighted by Gasteiger charge is -2.10. The fourth-order valence-electron chi connectivity index (χ4n) is 2.08. The molecule has 0 aliphatic heterocycles. The average molecular weight is 407 g/mol. The summed E-state index contributed by atoms with van der Waals surface area (Å²) in [5, 5.41) is 7.15. The van der Waals surface area contributed by atoms with Crippen LogP contribution in [0.25, 0.3) is 0 Å². The Hall–Kier alpha value is -2.91. The van der Waals surface area contributed by atoms with Gasteiger partial charge in [0.05, 0.1) is 15.6 Å². The molecule has 8 nitrogen and oxygen atoms in total. The van der Waals surface area contributed by atoms with Crippen LogP contribution in [0.1, 0.15) is 32.9 Å². The minimum atomic E-state index is -0.963. The van der Waals surface area contributed by atoms with Crippen molar-refractivity contribution in [3.05, 3.63) is 51.2 Å². The Balaban J connectivity index is 1.60. The molecule has 27 heavy (non-hydrogen) atoms. The van der Waals surface area contributed by atoms with Crippen molar-refractivity contribution in [2.75, 3.05) is 5.32 Å². The SMILES string of the molecule is O=C(NNC(=O)c1ccc(Cl)c(NC(=O)c2cccs2)c1)C(=O)NC1CC1. The summed E-state index contributed by atoms with van der Waals surface area (Å²) in [7, 11) is 0. The maximum atomic E-state index is 12.2. The standard InChI is InChI=1S/C17H15ClN4O4S/c18-11-6-3-9(8-12(11)20-15(24)13-2-1-7-27-13)14(23)21-22-17(26)16(25)19-10-4-5-10/h1-3,6-8,10H,4-5H2,(H,19,25)(H,20,24)(H,21,23)(H,22,26). The fraction of sp³-hybridized carbons (Fsp3) is 0.176. The van der Waals surface area contributed by atoms with Crippen LogP contribution < -0.4 is 21.5 Å². The van der Waals surface area contributed by atoms with Gasteiger partial charge in [-0.05, 0) is 42.5 Å². The highest BCUT2D eigenvalue weighted by molar-refractivity contribution is 7.12. The molecule has 10 heteroatoms. The first-order valence-corrected chi connectivity index (χ1v) is 9.25. The molecule has 140 valence electrons. The van der Waals surface area contributed by atoms with Gasteiger partial charge in [0.25, 0.3) is 11.8 Å². The van der Waals surface area contributed by atoms with Crippen LogP contribution in [0.15, 0.2) is 35.7 Å². The lowest BCUT2D eigenvalue weighted by Crippen LogP contribution is -2.49. The molecule has 3 rings (SSSR count).